The van der Waals surface area contributed by atoms with Gasteiger partial charge in [0.15, 0.2) is 0 Å². The Hall–Kier alpha value is -7.94. The van der Waals surface area contributed by atoms with Gasteiger partial charge in [0.2, 0.25) is 0 Å². The van der Waals surface area contributed by atoms with E-state index in [4.69, 9.17) is 4.42 Å². The maximum atomic E-state index is 6.62. The number of para-hydroxylation sites is 2. The average Bonchev–Trinajstić information content (AvgIpc) is 3.72. The van der Waals surface area contributed by atoms with Crippen LogP contribution in [0.4, 0.5) is 17.1 Å². The lowest BCUT2D eigenvalue weighted by Gasteiger charge is -2.26. The van der Waals surface area contributed by atoms with E-state index < -0.39 is 0 Å². The molecule has 10 aromatic carbocycles. The molecule has 1 heterocycles. The number of furan rings is 1. The van der Waals surface area contributed by atoms with E-state index in [2.05, 4.69) is 235 Å². The van der Waals surface area contributed by atoms with Crippen LogP contribution in [0.15, 0.2) is 241 Å². The molecule has 0 amide bonds. The number of benzene rings is 10. The lowest BCUT2D eigenvalue weighted by molar-refractivity contribution is 0.670. The molecule has 0 spiro atoms. The standard InChI is InChI=1S/C58H39NO/c1-3-12-40(13-4-1)42-22-24-43(25-23-42)45-28-35-49(36-29-45)59(48-33-26-44(27-34-48)41-14-5-2-6-15-41)50-37-30-47(31-38-50)52-39-32-46-16-7-8-17-51(46)57(52)55-20-11-19-54-53-18-9-10-21-56(53)60-58(54)55/h1-39H. The van der Waals surface area contributed by atoms with Crippen LogP contribution in [0.3, 0.4) is 0 Å². The zero-order chi connectivity index (χ0) is 39.8. The second kappa shape index (κ2) is 15.1. The molecule has 0 fully saturated rings. The van der Waals surface area contributed by atoms with Crippen LogP contribution < -0.4 is 4.90 Å². The molecule has 282 valence electrons. The quantitative estimate of drug-likeness (QED) is 0.153. The summed E-state index contributed by atoms with van der Waals surface area (Å²) < 4.78 is 6.62. The lowest BCUT2D eigenvalue weighted by Crippen LogP contribution is -2.09. The maximum absolute atomic E-state index is 6.62. The van der Waals surface area contributed by atoms with Crippen molar-refractivity contribution in [1.29, 1.82) is 0 Å². The van der Waals surface area contributed by atoms with Crippen molar-refractivity contribution < 1.29 is 4.42 Å². The minimum Gasteiger partial charge on any atom is -0.455 e. The SMILES string of the molecule is c1ccc(-c2ccc(-c3ccc(N(c4ccc(-c5ccccc5)cc4)c4ccc(-c5ccc6ccccc6c5-c5cccc6c5oc5ccccc56)cc4)cc3)cc2)cc1. The first-order valence-electron chi connectivity index (χ1n) is 20.5. The highest BCUT2D eigenvalue weighted by atomic mass is 16.3. The first-order chi connectivity index (χ1) is 29.7. The van der Waals surface area contributed by atoms with Crippen LogP contribution in [-0.4, -0.2) is 0 Å². The van der Waals surface area contributed by atoms with E-state index in [1.165, 1.54) is 49.7 Å². The number of nitrogens with zero attached hydrogens (tertiary/aromatic N) is 1. The summed E-state index contributed by atoms with van der Waals surface area (Å²) in [7, 11) is 0. The van der Waals surface area contributed by atoms with Crippen LogP contribution in [0.2, 0.25) is 0 Å². The molecule has 0 aliphatic heterocycles. The van der Waals surface area contributed by atoms with Crippen LogP contribution in [0.25, 0.3) is 88.3 Å². The minimum absolute atomic E-state index is 0.900. The number of fused-ring (bicyclic) bond motifs is 4. The zero-order valence-electron chi connectivity index (χ0n) is 32.9. The molecule has 2 nitrogen and oxygen atoms in total. The predicted molar refractivity (Wildman–Crippen MR) is 253 cm³/mol. The Kier molecular flexibility index (Phi) is 8.87. The molecule has 0 atom stereocenters. The highest BCUT2D eigenvalue weighted by Crippen LogP contribution is 2.44. The minimum atomic E-state index is 0.900. The smallest absolute Gasteiger partial charge is 0.143 e. The van der Waals surface area contributed by atoms with Gasteiger partial charge in [-0.25, -0.2) is 0 Å². The van der Waals surface area contributed by atoms with E-state index in [0.29, 0.717) is 0 Å². The fraction of sp³-hybridized carbons (Fsp3) is 0. The second-order valence-corrected chi connectivity index (χ2v) is 15.3. The van der Waals surface area contributed by atoms with Crippen molar-refractivity contribution in [1.82, 2.24) is 0 Å². The average molecular weight is 766 g/mol. The van der Waals surface area contributed by atoms with Gasteiger partial charge in [0.1, 0.15) is 11.2 Å². The van der Waals surface area contributed by atoms with Gasteiger partial charge in [-0.3, -0.25) is 0 Å². The Bertz CT molecular complexity index is 3260. The van der Waals surface area contributed by atoms with E-state index in [9.17, 15) is 0 Å². The monoisotopic (exact) mass is 765 g/mol. The van der Waals surface area contributed by atoms with Gasteiger partial charge < -0.3 is 9.32 Å². The maximum Gasteiger partial charge on any atom is 0.143 e. The topological polar surface area (TPSA) is 16.4 Å². The van der Waals surface area contributed by atoms with Crippen LogP contribution in [0.5, 0.6) is 0 Å². The van der Waals surface area contributed by atoms with Crippen molar-refractivity contribution in [2.24, 2.45) is 0 Å². The Balaban J connectivity index is 0.995. The van der Waals surface area contributed by atoms with E-state index in [1.807, 2.05) is 6.07 Å². The van der Waals surface area contributed by atoms with Crippen molar-refractivity contribution in [2.45, 2.75) is 0 Å². The molecule has 60 heavy (non-hydrogen) atoms. The van der Waals surface area contributed by atoms with Gasteiger partial charge in [-0.15, -0.1) is 0 Å². The first-order valence-corrected chi connectivity index (χ1v) is 20.5. The second-order valence-electron chi connectivity index (χ2n) is 15.3. The number of rotatable bonds is 8. The summed E-state index contributed by atoms with van der Waals surface area (Å²) >= 11 is 0. The first kappa shape index (κ1) is 35.2. The zero-order valence-corrected chi connectivity index (χ0v) is 32.9. The Morgan fingerprint density at radius 1 is 0.267 bits per heavy atom. The van der Waals surface area contributed by atoms with Crippen molar-refractivity contribution in [2.75, 3.05) is 4.90 Å². The van der Waals surface area contributed by atoms with E-state index in [0.717, 1.165) is 55.7 Å². The molecule has 11 aromatic rings. The fourth-order valence-corrected chi connectivity index (χ4v) is 8.71. The van der Waals surface area contributed by atoms with Crippen molar-refractivity contribution in [3.8, 4) is 55.6 Å². The van der Waals surface area contributed by atoms with Crippen LogP contribution in [-0.2, 0) is 0 Å². The third-order valence-electron chi connectivity index (χ3n) is 11.7. The van der Waals surface area contributed by atoms with Crippen LogP contribution in [0.1, 0.15) is 0 Å². The highest BCUT2D eigenvalue weighted by molar-refractivity contribution is 6.14. The molecule has 0 aliphatic carbocycles. The Morgan fingerprint density at radius 2 is 0.700 bits per heavy atom. The van der Waals surface area contributed by atoms with Crippen molar-refractivity contribution >= 4 is 49.8 Å². The normalized spacial score (nSPS) is 11.3. The Labute approximate surface area is 349 Å². The molecule has 0 N–H and O–H groups in total. The van der Waals surface area contributed by atoms with Gasteiger partial charge in [0.25, 0.3) is 0 Å². The molecule has 0 bridgehead atoms. The van der Waals surface area contributed by atoms with Crippen LogP contribution in [0, 0.1) is 0 Å². The van der Waals surface area contributed by atoms with E-state index in [-0.39, 0.29) is 0 Å². The Morgan fingerprint density at radius 3 is 1.27 bits per heavy atom. The van der Waals surface area contributed by atoms with Gasteiger partial charge in [0.05, 0.1) is 0 Å². The molecule has 0 radical (unpaired) electrons. The van der Waals surface area contributed by atoms with Crippen molar-refractivity contribution in [3.63, 3.8) is 0 Å². The molecule has 1 aromatic heterocycles. The predicted octanol–water partition coefficient (Wildman–Crippen LogP) is 16.5. The molecular formula is C58H39NO. The number of hydrogen-bond acceptors (Lipinski definition) is 2. The van der Waals surface area contributed by atoms with E-state index in [1.54, 1.807) is 0 Å². The third kappa shape index (κ3) is 6.41. The van der Waals surface area contributed by atoms with Crippen LogP contribution >= 0.6 is 0 Å². The van der Waals surface area contributed by atoms with Gasteiger partial charge in [-0.2, -0.15) is 0 Å². The number of hydrogen-bond donors (Lipinski definition) is 0. The molecule has 0 saturated carbocycles. The summed E-state index contributed by atoms with van der Waals surface area (Å²) in [6.07, 6.45) is 0. The highest BCUT2D eigenvalue weighted by Gasteiger charge is 2.19. The van der Waals surface area contributed by atoms with Gasteiger partial charge >= 0.3 is 0 Å². The van der Waals surface area contributed by atoms with Gasteiger partial charge in [-0.1, -0.05) is 194 Å². The van der Waals surface area contributed by atoms with Gasteiger partial charge in [0, 0.05) is 39.0 Å². The number of anilines is 3. The summed E-state index contributed by atoms with van der Waals surface area (Å²) in [5.41, 5.74) is 16.8. The molecule has 0 aliphatic rings. The summed E-state index contributed by atoms with van der Waals surface area (Å²) in [5, 5.41) is 4.65. The molecule has 0 saturated heterocycles. The lowest BCUT2D eigenvalue weighted by atomic mass is 9.89. The molecule has 11 rings (SSSR count). The molecule has 0 unspecified atom stereocenters. The summed E-state index contributed by atoms with van der Waals surface area (Å²) in [4.78, 5) is 2.34. The summed E-state index contributed by atoms with van der Waals surface area (Å²) in [5.74, 6) is 0. The summed E-state index contributed by atoms with van der Waals surface area (Å²) in [6, 6.07) is 84.7. The summed E-state index contributed by atoms with van der Waals surface area (Å²) in [6.45, 7) is 0. The fourth-order valence-electron chi connectivity index (χ4n) is 8.71. The van der Waals surface area contributed by atoms with Crippen molar-refractivity contribution in [3.05, 3.63) is 237 Å². The molecular weight excluding hydrogens is 727 g/mol. The molecule has 2 heteroatoms. The van der Waals surface area contributed by atoms with E-state index >= 15 is 0 Å². The third-order valence-corrected chi connectivity index (χ3v) is 11.7. The van der Waals surface area contributed by atoms with Gasteiger partial charge in [-0.05, 0) is 97.7 Å². The largest absolute Gasteiger partial charge is 0.455 e.